The third-order valence-electron chi connectivity index (χ3n) is 3.30. The molecule has 0 fully saturated rings. The molecule has 0 saturated carbocycles. The SMILES string of the molecule is COC(C)(C)CCn1cc(C=O)c2cccnc21. The first-order valence-corrected chi connectivity index (χ1v) is 6.01. The predicted octanol–water partition coefficient (Wildman–Crippen LogP) is 2.66. The third kappa shape index (κ3) is 2.43. The molecule has 0 aliphatic carbocycles. The predicted molar refractivity (Wildman–Crippen MR) is 70.8 cm³/mol. The van der Waals surface area contributed by atoms with Crippen molar-refractivity contribution in [1.29, 1.82) is 0 Å². The largest absolute Gasteiger partial charge is 0.379 e. The van der Waals surface area contributed by atoms with Crippen molar-refractivity contribution in [1.82, 2.24) is 9.55 Å². The van der Waals surface area contributed by atoms with Crippen LogP contribution in [0.15, 0.2) is 24.5 Å². The number of nitrogens with zero attached hydrogens (tertiary/aromatic N) is 2. The fourth-order valence-corrected chi connectivity index (χ4v) is 1.91. The van der Waals surface area contributed by atoms with Gasteiger partial charge in [0.1, 0.15) is 5.65 Å². The molecule has 2 heterocycles. The topological polar surface area (TPSA) is 44.1 Å². The molecule has 96 valence electrons. The number of methoxy groups -OCH3 is 1. The number of hydrogen-bond acceptors (Lipinski definition) is 3. The van der Waals surface area contributed by atoms with E-state index in [4.69, 9.17) is 4.74 Å². The number of aromatic nitrogens is 2. The van der Waals surface area contributed by atoms with Gasteiger partial charge in [-0.05, 0) is 32.4 Å². The van der Waals surface area contributed by atoms with Gasteiger partial charge >= 0.3 is 0 Å². The van der Waals surface area contributed by atoms with E-state index in [0.717, 1.165) is 30.3 Å². The van der Waals surface area contributed by atoms with Crippen LogP contribution in [0.3, 0.4) is 0 Å². The summed E-state index contributed by atoms with van der Waals surface area (Å²) in [5.74, 6) is 0. The minimum atomic E-state index is -0.174. The summed E-state index contributed by atoms with van der Waals surface area (Å²) in [6.07, 6.45) is 5.34. The number of carbonyl (C=O) groups excluding carboxylic acids is 1. The van der Waals surface area contributed by atoms with E-state index in [1.165, 1.54) is 0 Å². The van der Waals surface area contributed by atoms with E-state index in [1.54, 1.807) is 13.3 Å². The maximum Gasteiger partial charge on any atom is 0.152 e. The molecule has 2 aromatic heterocycles. The van der Waals surface area contributed by atoms with E-state index in [0.29, 0.717) is 5.56 Å². The molecular weight excluding hydrogens is 228 g/mol. The molecule has 4 nitrogen and oxygen atoms in total. The van der Waals surface area contributed by atoms with E-state index in [1.807, 2.05) is 36.7 Å². The smallest absolute Gasteiger partial charge is 0.152 e. The van der Waals surface area contributed by atoms with Gasteiger partial charge in [0.2, 0.25) is 0 Å². The van der Waals surface area contributed by atoms with Crippen LogP contribution in [0.5, 0.6) is 0 Å². The highest BCUT2D eigenvalue weighted by molar-refractivity contribution is 5.95. The normalized spacial score (nSPS) is 11.9. The zero-order chi connectivity index (χ0) is 13.2. The molecule has 0 aliphatic rings. The molecule has 0 bridgehead atoms. The lowest BCUT2D eigenvalue weighted by Gasteiger charge is -2.22. The molecule has 0 N–H and O–H groups in total. The van der Waals surface area contributed by atoms with Crippen LogP contribution in [0.2, 0.25) is 0 Å². The van der Waals surface area contributed by atoms with Crippen LogP contribution in [-0.4, -0.2) is 28.5 Å². The van der Waals surface area contributed by atoms with Crippen molar-refractivity contribution in [2.75, 3.05) is 7.11 Å². The van der Waals surface area contributed by atoms with Crippen LogP contribution < -0.4 is 0 Å². The minimum absolute atomic E-state index is 0.174. The molecule has 0 amide bonds. The zero-order valence-electron chi connectivity index (χ0n) is 11.0. The highest BCUT2D eigenvalue weighted by Crippen LogP contribution is 2.20. The summed E-state index contributed by atoms with van der Waals surface area (Å²) in [4.78, 5) is 15.4. The Balaban J connectivity index is 2.31. The molecule has 0 unspecified atom stereocenters. The standard InChI is InChI=1S/C14H18N2O2/c1-14(2,18-3)6-8-16-9-11(10-17)12-5-4-7-15-13(12)16/h4-5,7,9-10H,6,8H2,1-3H3. The maximum atomic E-state index is 11.0. The molecule has 0 radical (unpaired) electrons. The number of hydrogen-bond donors (Lipinski definition) is 0. The van der Waals surface area contributed by atoms with E-state index in [-0.39, 0.29) is 5.60 Å². The average molecular weight is 246 g/mol. The first-order valence-electron chi connectivity index (χ1n) is 6.01. The number of carbonyl (C=O) groups is 1. The summed E-state index contributed by atoms with van der Waals surface area (Å²) in [5, 5.41) is 0.905. The molecule has 0 saturated heterocycles. The van der Waals surface area contributed by atoms with Gasteiger partial charge < -0.3 is 9.30 Å². The van der Waals surface area contributed by atoms with Gasteiger partial charge in [-0.25, -0.2) is 4.98 Å². The second-order valence-electron chi connectivity index (χ2n) is 4.98. The Kier molecular flexibility index (Phi) is 3.48. The Labute approximate surface area is 107 Å². The monoisotopic (exact) mass is 246 g/mol. The van der Waals surface area contributed by atoms with Crippen LogP contribution >= 0.6 is 0 Å². The molecule has 0 aromatic carbocycles. The molecule has 18 heavy (non-hydrogen) atoms. The number of rotatable bonds is 5. The third-order valence-corrected chi connectivity index (χ3v) is 3.30. The van der Waals surface area contributed by atoms with Crippen molar-refractivity contribution in [3.05, 3.63) is 30.1 Å². The van der Waals surface area contributed by atoms with Crippen molar-refractivity contribution in [3.8, 4) is 0 Å². The van der Waals surface area contributed by atoms with Crippen molar-refractivity contribution in [3.63, 3.8) is 0 Å². The zero-order valence-corrected chi connectivity index (χ0v) is 11.0. The first kappa shape index (κ1) is 12.8. The molecule has 2 aromatic rings. The summed E-state index contributed by atoms with van der Waals surface area (Å²) in [7, 11) is 1.71. The summed E-state index contributed by atoms with van der Waals surface area (Å²) >= 11 is 0. The molecule has 4 heteroatoms. The maximum absolute atomic E-state index is 11.0. The van der Waals surface area contributed by atoms with Crippen LogP contribution in [0.25, 0.3) is 11.0 Å². The Hall–Kier alpha value is -1.68. The number of pyridine rings is 1. The molecule has 0 atom stereocenters. The van der Waals surface area contributed by atoms with Crippen LogP contribution in [0, 0.1) is 0 Å². The Morgan fingerprint density at radius 2 is 2.28 bits per heavy atom. The lowest BCUT2D eigenvalue weighted by atomic mass is 10.1. The van der Waals surface area contributed by atoms with Gasteiger partial charge in [0.05, 0.1) is 5.60 Å². The second kappa shape index (κ2) is 4.90. The Morgan fingerprint density at radius 1 is 1.50 bits per heavy atom. The number of aryl methyl sites for hydroxylation is 1. The Morgan fingerprint density at radius 3 is 2.94 bits per heavy atom. The number of fused-ring (bicyclic) bond motifs is 1. The first-order chi connectivity index (χ1) is 8.57. The van der Waals surface area contributed by atoms with Gasteiger partial charge in [0.25, 0.3) is 0 Å². The quantitative estimate of drug-likeness (QED) is 0.762. The van der Waals surface area contributed by atoms with Gasteiger partial charge in [0.15, 0.2) is 6.29 Å². The van der Waals surface area contributed by atoms with E-state index < -0.39 is 0 Å². The highest BCUT2D eigenvalue weighted by Gasteiger charge is 2.17. The summed E-state index contributed by atoms with van der Waals surface area (Å²) in [5.41, 5.74) is 1.37. The average Bonchev–Trinajstić information content (AvgIpc) is 2.75. The Bertz CT molecular complexity index is 558. The fraction of sp³-hybridized carbons (Fsp3) is 0.429. The second-order valence-corrected chi connectivity index (χ2v) is 4.98. The lowest BCUT2D eigenvalue weighted by Crippen LogP contribution is -2.24. The van der Waals surface area contributed by atoms with Gasteiger partial charge in [-0.15, -0.1) is 0 Å². The molecule has 2 rings (SSSR count). The van der Waals surface area contributed by atoms with Crippen molar-refractivity contribution >= 4 is 17.3 Å². The lowest BCUT2D eigenvalue weighted by molar-refractivity contribution is 0.0123. The van der Waals surface area contributed by atoms with Crippen LogP contribution in [0.4, 0.5) is 0 Å². The minimum Gasteiger partial charge on any atom is -0.379 e. The van der Waals surface area contributed by atoms with Crippen molar-refractivity contribution < 1.29 is 9.53 Å². The summed E-state index contributed by atoms with van der Waals surface area (Å²) < 4.78 is 7.42. The van der Waals surface area contributed by atoms with E-state index >= 15 is 0 Å². The van der Waals surface area contributed by atoms with Crippen molar-refractivity contribution in [2.24, 2.45) is 0 Å². The highest BCUT2D eigenvalue weighted by atomic mass is 16.5. The van der Waals surface area contributed by atoms with Crippen molar-refractivity contribution in [2.45, 2.75) is 32.4 Å². The molecular formula is C14H18N2O2. The summed E-state index contributed by atoms with van der Waals surface area (Å²) in [6, 6.07) is 3.77. The van der Waals surface area contributed by atoms with Gasteiger partial charge in [-0.2, -0.15) is 0 Å². The van der Waals surface area contributed by atoms with E-state index in [2.05, 4.69) is 4.98 Å². The van der Waals surface area contributed by atoms with Crippen LogP contribution in [0.1, 0.15) is 30.6 Å². The van der Waals surface area contributed by atoms with E-state index in [9.17, 15) is 4.79 Å². The van der Waals surface area contributed by atoms with Gasteiger partial charge in [0, 0.05) is 37.0 Å². The number of ether oxygens (including phenoxy) is 1. The van der Waals surface area contributed by atoms with Gasteiger partial charge in [-0.3, -0.25) is 4.79 Å². The summed E-state index contributed by atoms with van der Waals surface area (Å²) in [6.45, 7) is 4.88. The molecule has 0 aliphatic heterocycles. The fourth-order valence-electron chi connectivity index (χ4n) is 1.91. The van der Waals surface area contributed by atoms with Crippen LogP contribution in [-0.2, 0) is 11.3 Å². The number of aldehydes is 1. The van der Waals surface area contributed by atoms with Gasteiger partial charge in [-0.1, -0.05) is 0 Å². The molecule has 0 spiro atoms.